The largest absolute Gasteiger partial charge is 0.467 e. The molecule has 16 heavy (non-hydrogen) atoms. The fraction of sp³-hybridized carbons (Fsp3) is 0.250. The summed E-state index contributed by atoms with van der Waals surface area (Å²) in [7, 11) is 1.52. The summed E-state index contributed by atoms with van der Waals surface area (Å²) in [6, 6.07) is 2.61. The minimum atomic E-state index is -0.109. The Morgan fingerprint density at radius 2 is 2.19 bits per heavy atom. The molecule has 1 aliphatic carbocycles. The standard InChI is InChI=1S/C12H11N3O/c1-16-12-14-7-10(8-15-12)11-5-3-2-4-9(11)6-13/h2-3,5,7-9H,4H2,1H3. The third-order valence-electron chi connectivity index (χ3n) is 2.46. The zero-order valence-corrected chi connectivity index (χ0v) is 8.92. The molecule has 0 saturated heterocycles. The molecule has 1 aromatic rings. The van der Waals surface area contributed by atoms with Gasteiger partial charge in [-0.1, -0.05) is 18.2 Å². The van der Waals surface area contributed by atoms with Gasteiger partial charge in [-0.2, -0.15) is 5.26 Å². The number of rotatable bonds is 2. The predicted octanol–water partition coefficient (Wildman–Crippen LogP) is 1.97. The summed E-state index contributed by atoms with van der Waals surface area (Å²) in [4.78, 5) is 8.07. The number of nitrogens with zero attached hydrogens (tertiary/aromatic N) is 3. The Labute approximate surface area is 93.9 Å². The highest BCUT2D eigenvalue weighted by Gasteiger charge is 2.16. The van der Waals surface area contributed by atoms with Crippen molar-refractivity contribution >= 4 is 5.57 Å². The van der Waals surface area contributed by atoms with Gasteiger partial charge in [-0.25, -0.2) is 9.97 Å². The lowest BCUT2D eigenvalue weighted by Crippen LogP contribution is -2.04. The highest BCUT2D eigenvalue weighted by Crippen LogP contribution is 2.28. The fourth-order valence-electron chi connectivity index (χ4n) is 1.62. The highest BCUT2D eigenvalue weighted by molar-refractivity contribution is 5.71. The number of nitriles is 1. The Balaban J connectivity index is 2.32. The van der Waals surface area contributed by atoms with E-state index in [1.54, 1.807) is 12.4 Å². The van der Waals surface area contributed by atoms with Crippen LogP contribution in [0.15, 0.2) is 30.6 Å². The van der Waals surface area contributed by atoms with Gasteiger partial charge in [0.05, 0.1) is 19.1 Å². The smallest absolute Gasteiger partial charge is 0.316 e. The van der Waals surface area contributed by atoms with Crippen LogP contribution < -0.4 is 4.74 Å². The molecule has 0 aliphatic heterocycles. The van der Waals surface area contributed by atoms with E-state index in [9.17, 15) is 0 Å². The number of aromatic nitrogens is 2. The van der Waals surface area contributed by atoms with Gasteiger partial charge in [0.25, 0.3) is 0 Å². The van der Waals surface area contributed by atoms with Gasteiger partial charge in [-0.15, -0.1) is 0 Å². The fourth-order valence-corrected chi connectivity index (χ4v) is 1.62. The van der Waals surface area contributed by atoms with E-state index < -0.39 is 0 Å². The third kappa shape index (κ3) is 1.94. The Morgan fingerprint density at radius 1 is 1.44 bits per heavy atom. The van der Waals surface area contributed by atoms with Crippen LogP contribution >= 0.6 is 0 Å². The van der Waals surface area contributed by atoms with Crippen LogP contribution in [0.5, 0.6) is 6.01 Å². The van der Waals surface area contributed by atoms with Crippen LogP contribution in [0, 0.1) is 17.2 Å². The lowest BCUT2D eigenvalue weighted by atomic mass is 9.89. The average Bonchev–Trinajstić information content (AvgIpc) is 2.39. The van der Waals surface area contributed by atoms with Crippen LogP contribution in [0.25, 0.3) is 5.57 Å². The van der Waals surface area contributed by atoms with E-state index in [0.29, 0.717) is 6.01 Å². The first kappa shape index (κ1) is 10.4. The molecule has 4 nitrogen and oxygen atoms in total. The molecule has 0 fully saturated rings. The molecule has 1 unspecified atom stereocenters. The maximum Gasteiger partial charge on any atom is 0.316 e. The second-order valence-corrected chi connectivity index (χ2v) is 3.43. The van der Waals surface area contributed by atoms with Crippen molar-refractivity contribution in [1.29, 1.82) is 5.26 Å². The van der Waals surface area contributed by atoms with Gasteiger partial charge in [-0.3, -0.25) is 0 Å². The Morgan fingerprint density at radius 3 is 2.81 bits per heavy atom. The second-order valence-electron chi connectivity index (χ2n) is 3.43. The van der Waals surface area contributed by atoms with Crippen molar-refractivity contribution in [1.82, 2.24) is 9.97 Å². The molecule has 80 valence electrons. The average molecular weight is 213 g/mol. The zero-order chi connectivity index (χ0) is 11.4. The summed E-state index contributed by atoms with van der Waals surface area (Å²) in [5, 5.41) is 9.03. The molecule has 4 heteroatoms. The second kappa shape index (κ2) is 4.58. The number of methoxy groups -OCH3 is 1. The van der Waals surface area contributed by atoms with Crippen molar-refractivity contribution in [2.45, 2.75) is 6.42 Å². The molecular formula is C12H11N3O. The Bertz CT molecular complexity index is 468. The predicted molar refractivity (Wildman–Crippen MR) is 59.4 cm³/mol. The van der Waals surface area contributed by atoms with Gasteiger partial charge in [0.15, 0.2) is 0 Å². The van der Waals surface area contributed by atoms with Gasteiger partial charge in [-0.05, 0) is 12.0 Å². The third-order valence-corrected chi connectivity index (χ3v) is 2.46. The molecule has 1 aliphatic rings. The van der Waals surface area contributed by atoms with Crippen molar-refractivity contribution in [3.63, 3.8) is 0 Å². The normalized spacial score (nSPS) is 18.8. The van der Waals surface area contributed by atoms with Crippen LogP contribution in [0.4, 0.5) is 0 Å². The lowest BCUT2D eigenvalue weighted by molar-refractivity contribution is 0.379. The maximum atomic E-state index is 9.03. The van der Waals surface area contributed by atoms with E-state index in [-0.39, 0.29) is 5.92 Å². The van der Waals surface area contributed by atoms with Crippen molar-refractivity contribution < 1.29 is 4.74 Å². The Kier molecular flexibility index (Phi) is 2.97. The van der Waals surface area contributed by atoms with Gasteiger partial charge < -0.3 is 4.74 Å². The molecule has 0 saturated carbocycles. The summed E-state index contributed by atoms with van der Waals surface area (Å²) in [6.45, 7) is 0. The summed E-state index contributed by atoms with van der Waals surface area (Å²) in [5.74, 6) is -0.109. The molecular weight excluding hydrogens is 202 g/mol. The first-order chi connectivity index (χ1) is 7.85. The van der Waals surface area contributed by atoms with Crippen LogP contribution in [-0.4, -0.2) is 17.1 Å². The van der Waals surface area contributed by atoms with Crippen LogP contribution in [0.3, 0.4) is 0 Å². The summed E-state index contributed by atoms with van der Waals surface area (Å²) < 4.78 is 4.89. The number of hydrogen-bond acceptors (Lipinski definition) is 4. The lowest BCUT2D eigenvalue weighted by Gasteiger charge is -2.14. The zero-order valence-electron chi connectivity index (χ0n) is 8.92. The number of ether oxygens (including phenoxy) is 1. The molecule has 1 aromatic heterocycles. The minimum absolute atomic E-state index is 0.109. The van der Waals surface area contributed by atoms with Gasteiger partial charge in [0, 0.05) is 18.0 Å². The highest BCUT2D eigenvalue weighted by atomic mass is 16.5. The topological polar surface area (TPSA) is 58.8 Å². The van der Waals surface area contributed by atoms with Crippen LogP contribution in [-0.2, 0) is 0 Å². The van der Waals surface area contributed by atoms with Gasteiger partial charge in [0.1, 0.15) is 0 Å². The van der Waals surface area contributed by atoms with Crippen LogP contribution in [0.1, 0.15) is 12.0 Å². The maximum absolute atomic E-state index is 9.03. The molecule has 2 rings (SSSR count). The summed E-state index contributed by atoms with van der Waals surface area (Å²) >= 11 is 0. The van der Waals surface area contributed by atoms with E-state index >= 15 is 0 Å². The van der Waals surface area contributed by atoms with Gasteiger partial charge in [0.2, 0.25) is 0 Å². The number of allylic oxidation sites excluding steroid dienone is 4. The quantitative estimate of drug-likeness (QED) is 0.753. The van der Waals surface area contributed by atoms with Crippen LogP contribution in [0.2, 0.25) is 0 Å². The molecule has 0 amide bonds. The summed E-state index contributed by atoms with van der Waals surface area (Å²) in [6.07, 6.45) is 9.98. The van der Waals surface area contributed by atoms with Crippen molar-refractivity contribution in [3.8, 4) is 12.1 Å². The molecule has 0 spiro atoms. The SMILES string of the molecule is COc1ncc(C2=CC=CCC2C#N)cn1. The van der Waals surface area contributed by atoms with E-state index in [0.717, 1.165) is 17.6 Å². The van der Waals surface area contributed by atoms with E-state index in [4.69, 9.17) is 10.00 Å². The van der Waals surface area contributed by atoms with Crippen molar-refractivity contribution in [3.05, 3.63) is 36.2 Å². The van der Waals surface area contributed by atoms with E-state index in [1.807, 2.05) is 18.2 Å². The molecule has 1 atom stereocenters. The van der Waals surface area contributed by atoms with Gasteiger partial charge >= 0.3 is 6.01 Å². The Hall–Kier alpha value is -2.15. The van der Waals surface area contributed by atoms with Crippen molar-refractivity contribution in [2.75, 3.05) is 7.11 Å². The first-order valence-electron chi connectivity index (χ1n) is 4.98. The molecule has 0 aromatic carbocycles. The first-order valence-corrected chi connectivity index (χ1v) is 4.98. The minimum Gasteiger partial charge on any atom is -0.467 e. The number of hydrogen-bond donors (Lipinski definition) is 0. The molecule has 0 radical (unpaired) electrons. The molecule has 0 N–H and O–H groups in total. The molecule has 1 heterocycles. The monoisotopic (exact) mass is 213 g/mol. The van der Waals surface area contributed by atoms with E-state index in [2.05, 4.69) is 16.0 Å². The summed E-state index contributed by atoms with van der Waals surface area (Å²) in [5.41, 5.74) is 1.84. The molecule has 0 bridgehead atoms. The van der Waals surface area contributed by atoms with Crippen molar-refractivity contribution in [2.24, 2.45) is 5.92 Å². The van der Waals surface area contributed by atoms with E-state index in [1.165, 1.54) is 7.11 Å².